The van der Waals surface area contributed by atoms with Gasteiger partial charge in [-0.25, -0.2) is 0 Å². The summed E-state index contributed by atoms with van der Waals surface area (Å²) in [6.45, 7) is 8.29. The van der Waals surface area contributed by atoms with Gasteiger partial charge in [0.25, 0.3) is 0 Å². The molecule has 0 aromatic carbocycles. The number of hydrogen-bond acceptors (Lipinski definition) is 4. The smallest absolute Gasteiger partial charge is 0.311 e. The van der Waals surface area contributed by atoms with Crippen LogP contribution in [0.5, 0.6) is 0 Å². The molecule has 0 aliphatic heterocycles. The molecular weight excluding hydrogens is 518 g/mol. The number of nitrogens with zero attached hydrogens (tertiary/aromatic N) is 1. The fourth-order valence-corrected chi connectivity index (χ4v) is 6.17. The van der Waals surface area contributed by atoms with Crippen molar-refractivity contribution in [2.45, 2.75) is 156 Å². The predicted octanol–water partition coefficient (Wildman–Crippen LogP) is 7.45. The van der Waals surface area contributed by atoms with Crippen molar-refractivity contribution >= 4 is 17.9 Å². The first kappa shape index (κ1) is 39.4. The van der Waals surface area contributed by atoms with Crippen LogP contribution in [-0.2, 0) is 14.4 Å². The summed E-state index contributed by atoms with van der Waals surface area (Å²) in [7, 11) is 0. The first-order valence-electron chi connectivity index (χ1n) is 17.1. The van der Waals surface area contributed by atoms with Crippen LogP contribution in [-0.4, -0.2) is 58.8 Å². The third-order valence-corrected chi connectivity index (χ3v) is 8.71. The van der Waals surface area contributed by atoms with Crippen LogP contribution in [0.15, 0.2) is 0 Å². The summed E-state index contributed by atoms with van der Waals surface area (Å²) in [6.07, 6.45) is 25.9. The van der Waals surface area contributed by atoms with E-state index in [9.17, 15) is 29.7 Å². The molecule has 0 aromatic rings. The van der Waals surface area contributed by atoms with Gasteiger partial charge in [0, 0.05) is 11.9 Å². The quantitative estimate of drug-likeness (QED) is 0.0670. The summed E-state index contributed by atoms with van der Waals surface area (Å²) >= 11 is 0. The van der Waals surface area contributed by atoms with E-state index in [0.29, 0.717) is 6.54 Å². The highest BCUT2D eigenvalue weighted by molar-refractivity contribution is 5.70. The molecule has 0 fully saturated rings. The van der Waals surface area contributed by atoms with E-state index >= 15 is 0 Å². The molecule has 0 saturated heterocycles. The summed E-state index contributed by atoms with van der Waals surface area (Å²) in [5.74, 6) is -5.21. The highest BCUT2D eigenvalue weighted by Gasteiger charge is 2.36. The van der Waals surface area contributed by atoms with Gasteiger partial charge >= 0.3 is 11.9 Å². The number of carbonyl (C=O) groups excluding carboxylic acids is 1. The molecule has 3 atom stereocenters. The second-order valence-electron chi connectivity index (χ2n) is 13.0. The normalized spacial score (nSPS) is 15.2. The molecule has 7 heteroatoms. The van der Waals surface area contributed by atoms with Gasteiger partial charge in [-0.2, -0.15) is 0 Å². The Morgan fingerprint density at radius 3 is 1.05 bits per heavy atom. The van der Waals surface area contributed by atoms with Crippen molar-refractivity contribution in [1.82, 2.24) is 0 Å². The van der Waals surface area contributed by atoms with E-state index in [4.69, 9.17) is 0 Å². The van der Waals surface area contributed by atoms with E-state index in [1.807, 2.05) is 0 Å². The third-order valence-electron chi connectivity index (χ3n) is 8.71. The van der Waals surface area contributed by atoms with Gasteiger partial charge in [0.2, 0.25) is 0 Å². The maximum absolute atomic E-state index is 11.6. The second-order valence-corrected chi connectivity index (χ2v) is 13.0. The minimum Gasteiger partial charge on any atom is -0.550 e. The van der Waals surface area contributed by atoms with Crippen molar-refractivity contribution in [2.75, 3.05) is 26.2 Å². The molecule has 0 aliphatic rings. The van der Waals surface area contributed by atoms with Gasteiger partial charge in [-0.15, -0.1) is 0 Å². The summed E-state index contributed by atoms with van der Waals surface area (Å²) in [4.78, 5) is 34.8. The number of hydrogen-bond donors (Lipinski definition) is 2. The Bertz CT molecular complexity index is 627. The van der Waals surface area contributed by atoms with Crippen LogP contribution in [0.4, 0.5) is 0 Å². The van der Waals surface area contributed by atoms with Crippen molar-refractivity contribution in [3.63, 3.8) is 0 Å². The van der Waals surface area contributed by atoms with E-state index in [1.165, 1.54) is 109 Å². The van der Waals surface area contributed by atoms with Crippen molar-refractivity contribution in [2.24, 2.45) is 17.8 Å². The van der Waals surface area contributed by atoms with Gasteiger partial charge in [0.1, 0.15) is 11.8 Å². The Labute approximate surface area is 252 Å². The Kier molecular flexibility index (Phi) is 23.9. The molecule has 41 heavy (non-hydrogen) atoms. The zero-order chi connectivity index (χ0) is 30.9. The number of carboxylic acids is 3. The molecule has 0 aromatic heterocycles. The molecule has 3 unspecified atom stereocenters. The lowest BCUT2D eigenvalue weighted by molar-refractivity contribution is -0.934. The van der Waals surface area contributed by atoms with Crippen molar-refractivity contribution in [3.05, 3.63) is 0 Å². The van der Waals surface area contributed by atoms with Crippen LogP contribution >= 0.6 is 0 Å². The van der Waals surface area contributed by atoms with Gasteiger partial charge in [0.05, 0.1) is 26.2 Å². The van der Waals surface area contributed by atoms with Gasteiger partial charge in [-0.3, -0.25) is 9.59 Å². The Morgan fingerprint density at radius 2 is 0.780 bits per heavy atom. The van der Waals surface area contributed by atoms with Crippen LogP contribution in [0.25, 0.3) is 0 Å². The van der Waals surface area contributed by atoms with Crippen LogP contribution in [0.1, 0.15) is 156 Å². The van der Waals surface area contributed by atoms with E-state index in [0.717, 1.165) is 19.3 Å². The molecule has 0 amide bonds. The number of aliphatic carboxylic acids is 3. The van der Waals surface area contributed by atoms with Gasteiger partial charge in [-0.1, -0.05) is 129 Å². The van der Waals surface area contributed by atoms with Crippen LogP contribution < -0.4 is 5.11 Å². The summed E-state index contributed by atoms with van der Waals surface area (Å²) in [6, 6.07) is 0. The Hall–Kier alpha value is -1.63. The second kappa shape index (κ2) is 24.9. The minimum atomic E-state index is -1.18. The van der Waals surface area contributed by atoms with E-state index < -0.39 is 35.7 Å². The van der Waals surface area contributed by atoms with Gasteiger partial charge < -0.3 is 24.6 Å². The molecule has 0 saturated carbocycles. The highest BCUT2D eigenvalue weighted by atomic mass is 16.4. The number of quaternary nitrogens is 1. The highest BCUT2D eigenvalue weighted by Crippen LogP contribution is 2.22. The van der Waals surface area contributed by atoms with E-state index in [2.05, 4.69) is 6.92 Å². The maximum Gasteiger partial charge on any atom is 0.311 e. The largest absolute Gasteiger partial charge is 0.550 e. The van der Waals surface area contributed by atoms with E-state index in [-0.39, 0.29) is 24.1 Å². The van der Waals surface area contributed by atoms with Crippen LogP contribution in [0.2, 0.25) is 0 Å². The van der Waals surface area contributed by atoms with Crippen LogP contribution in [0, 0.1) is 17.8 Å². The number of unbranched alkanes of at least 4 members (excludes halogenated alkanes) is 19. The van der Waals surface area contributed by atoms with Gasteiger partial charge in [0.15, 0.2) is 0 Å². The van der Waals surface area contributed by atoms with Crippen molar-refractivity contribution in [1.29, 1.82) is 0 Å². The number of rotatable bonds is 30. The summed E-state index contributed by atoms with van der Waals surface area (Å²) in [5, 5.41) is 30.6. The summed E-state index contributed by atoms with van der Waals surface area (Å²) in [5.41, 5.74) is 0. The lowest BCUT2D eigenvalue weighted by atomic mass is 10.00. The Morgan fingerprint density at radius 1 is 0.512 bits per heavy atom. The SMILES string of the molecule is CCCCCCCCCCCCCCCCCCCCCC[N+](CC(C)C(=O)[O-])(CC(C)C(=O)O)CC(C)C(=O)O. The third kappa shape index (κ3) is 21.7. The lowest BCUT2D eigenvalue weighted by Gasteiger charge is -2.43. The molecular formula is C34H65NO6. The predicted molar refractivity (Wildman–Crippen MR) is 166 cm³/mol. The first-order valence-corrected chi connectivity index (χ1v) is 17.1. The fraction of sp³-hybridized carbons (Fsp3) is 0.912. The first-order chi connectivity index (χ1) is 19.5. The number of carboxylic acid groups (broad SMARTS) is 3. The average Bonchev–Trinajstić information content (AvgIpc) is 2.91. The molecule has 0 bridgehead atoms. The van der Waals surface area contributed by atoms with Crippen LogP contribution in [0.3, 0.4) is 0 Å². The Balaban J connectivity index is 4.19. The molecule has 0 heterocycles. The lowest BCUT2D eigenvalue weighted by Crippen LogP contribution is -2.58. The topological polar surface area (TPSA) is 115 Å². The van der Waals surface area contributed by atoms with E-state index in [1.54, 1.807) is 20.8 Å². The molecule has 242 valence electrons. The summed E-state index contributed by atoms with van der Waals surface area (Å²) < 4.78 is 0.190. The maximum atomic E-state index is 11.6. The van der Waals surface area contributed by atoms with Crippen molar-refractivity contribution < 1.29 is 34.2 Å². The molecule has 0 aliphatic carbocycles. The molecule has 0 rings (SSSR count). The fourth-order valence-electron chi connectivity index (χ4n) is 6.17. The zero-order valence-corrected chi connectivity index (χ0v) is 27.2. The minimum absolute atomic E-state index is 0.190. The molecule has 0 radical (unpaired) electrons. The molecule has 2 N–H and O–H groups in total. The standard InChI is InChI=1S/C34H65NO6/c1-5-6-7-8-9-10-11-12-13-14-15-16-17-18-19-20-21-22-23-24-25-35(26-29(2)32(36)37,27-30(3)33(38)39)28-31(4)34(40)41/h29-31H,5-28H2,1-4H3,(H2-,36,37,38,39,40,41). The average molecular weight is 584 g/mol. The van der Waals surface area contributed by atoms with Crippen molar-refractivity contribution in [3.8, 4) is 0 Å². The molecule has 7 nitrogen and oxygen atoms in total. The van der Waals surface area contributed by atoms with Gasteiger partial charge in [-0.05, 0) is 26.7 Å². The monoisotopic (exact) mass is 583 g/mol. The number of carbonyl (C=O) groups is 3. The molecule has 0 spiro atoms. The zero-order valence-electron chi connectivity index (χ0n) is 27.2.